The predicted octanol–water partition coefficient (Wildman–Crippen LogP) is 7.98. The van der Waals surface area contributed by atoms with Crippen LogP contribution in [0.1, 0.15) is 0 Å². The van der Waals surface area contributed by atoms with Crippen LogP contribution in [0.15, 0.2) is 194 Å². The molecule has 4 N–H and O–H groups in total. The van der Waals surface area contributed by atoms with E-state index in [1.54, 1.807) is 24.3 Å². The molecular formula is C44H36B2N2O4. The molecule has 8 aromatic rings. The van der Waals surface area contributed by atoms with Crippen molar-refractivity contribution in [1.82, 2.24) is 0 Å². The molecule has 0 atom stereocenters. The van der Waals surface area contributed by atoms with Crippen LogP contribution in [0.25, 0.3) is 21.5 Å². The predicted molar refractivity (Wildman–Crippen MR) is 217 cm³/mol. The van der Waals surface area contributed by atoms with Crippen LogP contribution < -0.4 is 20.7 Å². The molecule has 6 nitrogen and oxygen atoms in total. The number of anilines is 6. The van der Waals surface area contributed by atoms with Gasteiger partial charge in [-0.05, 0) is 82.4 Å². The van der Waals surface area contributed by atoms with E-state index < -0.39 is 14.2 Å². The summed E-state index contributed by atoms with van der Waals surface area (Å²) < 4.78 is 0. The molecule has 0 aliphatic rings. The van der Waals surface area contributed by atoms with E-state index in [4.69, 9.17) is 0 Å². The van der Waals surface area contributed by atoms with E-state index >= 15 is 0 Å². The molecule has 0 saturated heterocycles. The van der Waals surface area contributed by atoms with E-state index in [2.05, 4.69) is 94.7 Å². The van der Waals surface area contributed by atoms with Gasteiger partial charge in [-0.15, -0.1) is 0 Å². The van der Waals surface area contributed by atoms with E-state index in [1.807, 2.05) is 84.9 Å². The molecule has 0 aliphatic carbocycles. The van der Waals surface area contributed by atoms with Gasteiger partial charge in [0.25, 0.3) is 0 Å². The summed E-state index contributed by atoms with van der Waals surface area (Å²) in [6.07, 6.45) is 0. The molecular weight excluding hydrogens is 642 g/mol. The number of para-hydroxylation sites is 2. The van der Waals surface area contributed by atoms with Crippen LogP contribution >= 0.6 is 0 Å². The quantitative estimate of drug-likeness (QED) is 0.122. The number of hydrogen-bond donors (Lipinski definition) is 4. The molecule has 8 rings (SSSR count). The first-order valence-corrected chi connectivity index (χ1v) is 17.1. The van der Waals surface area contributed by atoms with Crippen LogP contribution in [-0.4, -0.2) is 34.3 Å². The van der Waals surface area contributed by atoms with Crippen molar-refractivity contribution in [2.75, 3.05) is 9.80 Å². The second kappa shape index (κ2) is 15.8. The minimum absolute atomic E-state index is 0.472. The van der Waals surface area contributed by atoms with Crippen LogP contribution in [0, 0.1) is 0 Å². The van der Waals surface area contributed by atoms with Crippen LogP contribution in [0.2, 0.25) is 0 Å². The summed E-state index contributed by atoms with van der Waals surface area (Å²) >= 11 is 0. The molecule has 0 unspecified atom stereocenters. The summed E-state index contributed by atoms with van der Waals surface area (Å²) in [5.74, 6) is 0. The van der Waals surface area contributed by atoms with Gasteiger partial charge < -0.3 is 29.9 Å². The average Bonchev–Trinajstić information content (AvgIpc) is 3.20. The Morgan fingerprint density at radius 3 is 0.962 bits per heavy atom. The summed E-state index contributed by atoms with van der Waals surface area (Å²) in [7, 11) is -2.93. The molecule has 0 saturated carbocycles. The molecule has 0 radical (unpaired) electrons. The van der Waals surface area contributed by atoms with Crippen molar-refractivity contribution in [2.45, 2.75) is 0 Å². The average molecular weight is 678 g/mol. The van der Waals surface area contributed by atoms with Crippen molar-refractivity contribution >= 4 is 80.8 Å². The molecule has 0 aliphatic heterocycles. The highest BCUT2D eigenvalue weighted by Gasteiger charge is 2.18. The first kappa shape index (κ1) is 34.3. The van der Waals surface area contributed by atoms with Crippen molar-refractivity contribution in [2.24, 2.45) is 0 Å². The molecule has 0 heterocycles. The van der Waals surface area contributed by atoms with E-state index in [1.165, 1.54) is 10.8 Å². The third kappa shape index (κ3) is 7.47. The highest BCUT2D eigenvalue weighted by atomic mass is 16.4. The molecule has 0 bridgehead atoms. The lowest BCUT2D eigenvalue weighted by Gasteiger charge is -2.27. The smallest absolute Gasteiger partial charge is 0.423 e. The number of benzene rings is 8. The standard InChI is InChI=1S/2C22H18BNO2/c2*25-23(26)18-13-15-20(16-14-18)24(19-9-2-1-3-10-19)22-12-6-8-17-7-4-5-11-21(17)22/h2*1-16,25-26H. The van der Waals surface area contributed by atoms with Gasteiger partial charge in [0, 0.05) is 33.5 Å². The van der Waals surface area contributed by atoms with Gasteiger partial charge in [0.1, 0.15) is 0 Å². The maximum absolute atomic E-state index is 9.37. The first-order valence-electron chi connectivity index (χ1n) is 17.1. The fourth-order valence-electron chi connectivity index (χ4n) is 6.41. The van der Waals surface area contributed by atoms with Crippen molar-refractivity contribution in [3.8, 4) is 0 Å². The van der Waals surface area contributed by atoms with Gasteiger partial charge in [-0.3, -0.25) is 0 Å². The first-order chi connectivity index (χ1) is 25.5. The Hall–Kier alpha value is -6.15. The largest absolute Gasteiger partial charge is 0.488 e. The minimum atomic E-state index is -1.47. The number of fused-ring (bicyclic) bond motifs is 2. The summed E-state index contributed by atoms with van der Waals surface area (Å²) in [6.45, 7) is 0. The lowest BCUT2D eigenvalue weighted by atomic mass is 9.80. The fourth-order valence-corrected chi connectivity index (χ4v) is 6.41. The Labute approximate surface area is 304 Å². The molecule has 252 valence electrons. The monoisotopic (exact) mass is 678 g/mol. The van der Waals surface area contributed by atoms with Gasteiger partial charge in [0.05, 0.1) is 11.4 Å². The van der Waals surface area contributed by atoms with E-state index in [0.717, 1.165) is 44.9 Å². The second-order valence-electron chi connectivity index (χ2n) is 12.3. The molecule has 0 amide bonds. The zero-order valence-corrected chi connectivity index (χ0v) is 28.3. The summed E-state index contributed by atoms with van der Waals surface area (Å²) in [6, 6.07) is 64.0. The lowest BCUT2D eigenvalue weighted by Crippen LogP contribution is -2.29. The summed E-state index contributed by atoms with van der Waals surface area (Å²) in [4.78, 5) is 4.35. The second-order valence-corrected chi connectivity index (χ2v) is 12.3. The summed E-state index contributed by atoms with van der Waals surface area (Å²) in [5, 5.41) is 42.1. The van der Waals surface area contributed by atoms with Crippen LogP contribution in [0.5, 0.6) is 0 Å². The van der Waals surface area contributed by atoms with Crippen LogP contribution in [0.4, 0.5) is 34.1 Å². The topological polar surface area (TPSA) is 87.4 Å². The molecule has 0 aromatic heterocycles. The normalized spacial score (nSPS) is 10.7. The zero-order chi connectivity index (χ0) is 35.9. The zero-order valence-electron chi connectivity index (χ0n) is 28.3. The number of nitrogens with zero attached hydrogens (tertiary/aromatic N) is 2. The third-order valence-corrected chi connectivity index (χ3v) is 8.94. The van der Waals surface area contributed by atoms with Crippen molar-refractivity contribution in [3.05, 3.63) is 194 Å². The van der Waals surface area contributed by atoms with Gasteiger partial charge in [-0.2, -0.15) is 0 Å². The van der Waals surface area contributed by atoms with E-state index in [-0.39, 0.29) is 0 Å². The van der Waals surface area contributed by atoms with Crippen molar-refractivity contribution < 1.29 is 20.1 Å². The SMILES string of the molecule is OB(O)c1ccc(N(c2ccccc2)c2cccc3ccccc23)cc1.OB(O)c1ccc(N(c2ccccc2)c2cccc3ccccc23)cc1. The fraction of sp³-hybridized carbons (Fsp3) is 0. The Morgan fingerprint density at radius 2 is 0.596 bits per heavy atom. The summed E-state index contributed by atoms with van der Waals surface area (Å²) in [5.41, 5.74) is 7.09. The van der Waals surface area contributed by atoms with Crippen molar-refractivity contribution in [3.63, 3.8) is 0 Å². The molecule has 52 heavy (non-hydrogen) atoms. The van der Waals surface area contributed by atoms with Crippen molar-refractivity contribution in [1.29, 1.82) is 0 Å². The van der Waals surface area contributed by atoms with E-state index in [0.29, 0.717) is 10.9 Å². The maximum atomic E-state index is 9.37. The molecule has 8 heteroatoms. The van der Waals surface area contributed by atoms with Gasteiger partial charge in [-0.1, -0.05) is 133 Å². The van der Waals surface area contributed by atoms with E-state index in [9.17, 15) is 20.1 Å². The molecule has 0 fully saturated rings. The van der Waals surface area contributed by atoms with Gasteiger partial charge in [0.15, 0.2) is 0 Å². The van der Waals surface area contributed by atoms with Crippen LogP contribution in [-0.2, 0) is 0 Å². The Morgan fingerprint density at radius 1 is 0.288 bits per heavy atom. The Bertz CT molecular complexity index is 2190. The minimum Gasteiger partial charge on any atom is -0.423 e. The highest BCUT2D eigenvalue weighted by Crippen LogP contribution is 2.39. The van der Waals surface area contributed by atoms with Crippen LogP contribution in [0.3, 0.4) is 0 Å². The number of hydrogen-bond acceptors (Lipinski definition) is 6. The Balaban J connectivity index is 0.000000162. The lowest BCUT2D eigenvalue weighted by molar-refractivity contribution is 0.424. The van der Waals surface area contributed by atoms with Gasteiger partial charge in [-0.25, -0.2) is 0 Å². The maximum Gasteiger partial charge on any atom is 0.488 e. The number of rotatable bonds is 8. The van der Waals surface area contributed by atoms with Gasteiger partial charge in [0.2, 0.25) is 0 Å². The molecule has 0 spiro atoms. The van der Waals surface area contributed by atoms with Gasteiger partial charge >= 0.3 is 14.2 Å². The Kier molecular flexibility index (Phi) is 10.4. The molecule has 8 aromatic carbocycles. The highest BCUT2D eigenvalue weighted by molar-refractivity contribution is 6.59. The third-order valence-electron chi connectivity index (χ3n) is 8.94.